The molecule has 0 spiro atoms. The predicted molar refractivity (Wildman–Crippen MR) is 198 cm³/mol. The van der Waals surface area contributed by atoms with Crippen molar-refractivity contribution in [3.05, 3.63) is 81.9 Å². The molecule has 2 aromatic rings. The van der Waals surface area contributed by atoms with Gasteiger partial charge in [-0.2, -0.15) is 0 Å². The quantitative estimate of drug-likeness (QED) is 0.174. The Labute approximate surface area is 285 Å². The summed E-state index contributed by atoms with van der Waals surface area (Å²) in [5, 5.41) is 0.370. The van der Waals surface area contributed by atoms with Crippen LogP contribution in [0.4, 0.5) is 12.9 Å². The lowest BCUT2D eigenvalue weighted by Gasteiger charge is -2.42. The lowest BCUT2D eigenvalue weighted by atomic mass is 9.97. The molecular weight excluding hydrogens is 614 g/mol. The molecule has 2 fully saturated rings. The van der Waals surface area contributed by atoms with Crippen LogP contribution in [0.25, 0.3) is 11.1 Å². The van der Waals surface area contributed by atoms with Gasteiger partial charge in [0, 0.05) is 32.6 Å². The van der Waals surface area contributed by atoms with E-state index in [-0.39, 0.29) is 4.70 Å². The van der Waals surface area contributed by atoms with Gasteiger partial charge in [-0.3, -0.25) is 12.9 Å². The van der Waals surface area contributed by atoms with Gasteiger partial charge < -0.3 is 9.44 Å². The van der Waals surface area contributed by atoms with Crippen molar-refractivity contribution in [1.82, 2.24) is 0 Å². The Morgan fingerprint density at radius 3 is 1.62 bits per heavy atom. The van der Waals surface area contributed by atoms with Crippen molar-refractivity contribution in [2.45, 2.75) is 142 Å². The Bertz CT molecular complexity index is 1280. The molecule has 7 heteroatoms. The number of rotatable bonds is 5. The van der Waals surface area contributed by atoms with E-state index in [1.807, 2.05) is 13.8 Å². The van der Waals surface area contributed by atoms with Crippen LogP contribution < -0.4 is 4.70 Å². The van der Waals surface area contributed by atoms with E-state index in [9.17, 15) is 12.9 Å². The molecule has 47 heavy (non-hydrogen) atoms. The lowest BCUT2D eigenvalue weighted by molar-refractivity contribution is -0.0000134. The fourth-order valence-electron chi connectivity index (χ4n) is 8.56. The maximum atomic E-state index is 9.67. The summed E-state index contributed by atoms with van der Waals surface area (Å²) in [5.74, 6) is 0.626. The van der Waals surface area contributed by atoms with E-state index < -0.39 is 15.5 Å². The zero-order valence-electron chi connectivity index (χ0n) is 30.3. The van der Waals surface area contributed by atoms with E-state index >= 15 is 0 Å². The van der Waals surface area contributed by atoms with E-state index in [1.165, 1.54) is 86.5 Å². The number of ether oxygens (including phenoxy) is 1. The Hall–Kier alpha value is -1.91. The summed E-state index contributed by atoms with van der Waals surface area (Å²) in [7, 11) is -4.14. The minimum absolute atomic E-state index is 0. The lowest BCUT2D eigenvalue weighted by Crippen LogP contribution is -3.00. The van der Waals surface area contributed by atoms with Crippen LogP contribution in [0, 0.1) is 0 Å². The second-order valence-corrected chi connectivity index (χ2v) is 17.2. The molecule has 0 N–H and O–H groups in total. The van der Waals surface area contributed by atoms with E-state index in [2.05, 4.69) is 90.1 Å². The first-order valence-corrected chi connectivity index (χ1v) is 19.6. The zero-order chi connectivity index (χ0) is 33.9. The number of allylic oxidation sites excluding steroid dienone is 4. The van der Waals surface area contributed by atoms with Gasteiger partial charge in [0.25, 0.3) is 0 Å². The van der Waals surface area contributed by atoms with Crippen molar-refractivity contribution < 1.29 is 22.4 Å². The number of hydrogen-bond acceptors (Lipinski definition) is 1. The molecule has 2 atom stereocenters. The third kappa shape index (κ3) is 10.1. The molecule has 0 radical (unpaired) electrons. The second-order valence-electron chi connectivity index (χ2n) is 13.7. The van der Waals surface area contributed by atoms with Crippen LogP contribution in [0.2, 0.25) is 0 Å². The topological polar surface area (TPSA) is 9.23 Å². The third-order valence-electron chi connectivity index (χ3n) is 11.3. The Morgan fingerprint density at radius 1 is 0.723 bits per heavy atom. The molecule has 6 rings (SSSR count). The first kappa shape index (κ1) is 41.3. The van der Waals surface area contributed by atoms with Gasteiger partial charge in [0.15, 0.2) is 0 Å². The summed E-state index contributed by atoms with van der Waals surface area (Å²) < 4.78 is 33.8. The number of halogens is 4. The summed E-state index contributed by atoms with van der Waals surface area (Å²) in [4.78, 5) is 0. The fraction of sp³-hybridized carbons (Fsp3) is 0.600. The Morgan fingerprint density at radius 2 is 1.17 bits per heavy atom. The predicted octanol–water partition coefficient (Wildman–Crippen LogP) is 10.1. The van der Waals surface area contributed by atoms with Gasteiger partial charge in [-0.25, -0.2) is 0 Å². The standard InChI is InChI=1S/C24H35P.C12H14.C4H10O.BF3.FH/c1-18-19(2)24(3,23-17-11-10-16-22(18)23)25(20-12-6-4-7-13-20)21-14-8-5-9-15-21;1-8-9(2)11-6-4-5-7-12(11)10(8)3;1-3-5-4-2;2-1(3)4;/h10-11,16-17,20-21H,4-9,12-15H2,1-3H3;4-7,9H,1-3H3;3-4H2,1-2H3;;1H. The van der Waals surface area contributed by atoms with Crippen LogP contribution in [0.3, 0.4) is 0 Å². The van der Waals surface area contributed by atoms with E-state index in [1.54, 1.807) is 22.3 Å². The Balaban J connectivity index is 0.000000289. The Kier molecular flexibility index (Phi) is 17.5. The molecule has 1 nitrogen and oxygen atoms in total. The summed E-state index contributed by atoms with van der Waals surface area (Å²) in [6.07, 6.45) is 15.0. The van der Waals surface area contributed by atoms with E-state index in [0.717, 1.165) is 24.5 Å². The average Bonchev–Trinajstić information content (AvgIpc) is 3.40. The molecule has 0 saturated heterocycles. The maximum absolute atomic E-state index is 9.67. The number of benzene rings is 2. The van der Waals surface area contributed by atoms with Crippen LogP contribution in [-0.4, -0.2) is 32.1 Å². The molecule has 0 aliphatic heterocycles. The van der Waals surface area contributed by atoms with Crippen LogP contribution in [0.1, 0.15) is 148 Å². The summed E-state index contributed by atoms with van der Waals surface area (Å²) >= 11 is 0. The molecule has 262 valence electrons. The van der Waals surface area contributed by atoms with Crippen LogP contribution in [0.15, 0.2) is 59.7 Å². The summed E-state index contributed by atoms with van der Waals surface area (Å²) in [6, 6.07) is 18.1. The highest BCUT2D eigenvalue weighted by Crippen LogP contribution is 2.72. The SMILES string of the molecule is CC1=C(C)C(C)([PH+](C2CCCCC2)C2CCCCC2)c2ccccc21.CC1=C(C)C(C)c2ccccc21.CCOCC.FB(F)F.[F-]. The molecule has 0 amide bonds. The second kappa shape index (κ2) is 19.9. The highest BCUT2D eigenvalue weighted by molar-refractivity contribution is 7.60. The van der Waals surface area contributed by atoms with Gasteiger partial charge in [-0.15, -0.1) is 0 Å². The van der Waals surface area contributed by atoms with Gasteiger partial charge in [-0.05, 0) is 133 Å². The van der Waals surface area contributed by atoms with Crippen molar-refractivity contribution >= 4 is 26.6 Å². The van der Waals surface area contributed by atoms with Crippen LogP contribution in [0.5, 0.6) is 0 Å². The van der Waals surface area contributed by atoms with Gasteiger partial charge >= 0.3 is 7.54 Å². The minimum Gasteiger partial charge on any atom is -1.00 e. The first-order chi connectivity index (χ1) is 22.0. The van der Waals surface area contributed by atoms with Crippen molar-refractivity contribution in [1.29, 1.82) is 0 Å². The molecule has 2 unspecified atom stereocenters. The first-order valence-electron chi connectivity index (χ1n) is 17.9. The average molecular weight is 675 g/mol. The zero-order valence-corrected chi connectivity index (χ0v) is 31.3. The van der Waals surface area contributed by atoms with Crippen molar-refractivity contribution in [3.63, 3.8) is 0 Å². The van der Waals surface area contributed by atoms with Crippen LogP contribution >= 0.6 is 7.92 Å². The molecule has 2 saturated carbocycles. The van der Waals surface area contributed by atoms with Gasteiger partial charge in [0.1, 0.15) is 5.16 Å². The number of fused-ring (bicyclic) bond motifs is 2. The van der Waals surface area contributed by atoms with Crippen LogP contribution in [-0.2, 0) is 9.89 Å². The molecule has 0 heterocycles. The molecule has 4 aliphatic carbocycles. The molecule has 4 aliphatic rings. The van der Waals surface area contributed by atoms with Gasteiger partial charge in [-0.1, -0.05) is 73.9 Å². The highest BCUT2D eigenvalue weighted by atomic mass is 31.1. The van der Waals surface area contributed by atoms with E-state index in [0.29, 0.717) is 11.1 Å². The fourth-order valence-corrected chi connectivity index (χ4v) is 14.1. The molecule has 0 aromatic heterocycles. The minimum atomic E-state index is -3.67. The monoisotopic (exact) mass is 674 g/mol. The molecular formula is C40H60BF4OP. The smallest absolute Gasteiger partial charge is 0.762 e. The van der Waals surface area contributed by atoms with Crippen molar-refractivity contribution in [2.24, 2.45) is 0 Å². The molecule has 0 bridgehead atoms. The third-order valence-corrected chi connectivity index (χ3v) is 16.0. The van der Waals surface area contributed by atoms with Crippen molar-refractivity contribution in [2.75, 3.05) is 13.2 Å². The highest BCUT2D eigenvalue weighted by Gasteiger charge is 2.55. The largest absolute Gasteiger partial charge is 1.00 e. The van der Waals surface area contributed by atoms with Crippen molar-refractivity contribution in [3.8, 4) is 0 Å². The summed E-state index contributed by atoms with van der Waals surface area (Å²) in [6.45, 7) is 19.9. The maximum Gasteiger partial charge on any atom is 0.762 e. The van der Waals surface area contributed by atoms with Gasteiger partial charge in [0.2, 0.25) is 0 Å². The normalized spacial score (nSPS) is 22.2. The van der Waals surface area contributed by atoms with Gasteiger partial charge in [0.05, 0.1) is 11.3 Å². The molecule has 2 aromatic carbocycles. The summed E-state index contributed by atoms with van der Waals surface area (Å²) in [5.41, 5.74) is 14.6. The van der Waals surface area contributed by atoms with E-state index in [4.69, 9.17) is 4.74 Å². The number of hydrogen-bond donors (Lipinski definition) is 0.